The van der Waals surface area contributed by atoms with Gasteiger partial charge >= 0.3 is 5.97 Å². The van der Waals surface area contributed by atoms with E-state index in [1.165, 1.54) is 64.2 Å². The summed E-state index contributed by atoms with van der Waals surface area (Å²) in [4.78, 5) is 20.0. The second-order valence-electron chi connectivity index (χ2n) is 8.70. The summed E-state index contributed by atoms with van der Waals surface area (Å²) in [6.07, 6.45) is 22.5. The zero-order valence-corrected chi connectivity index (χ0v) is 20.2. The number of carbonyl (C=O) groups excluding carboxylic acids is 1. The molecule has 4 heteroatoms. The lowest BCUT2D eigenvalue weighted by Crippen LogP contribution is -2.30. The van der Waals surface area contributed by atoms with Crippen molar-refractivity contribution in [2.45, 2.75) is 103 Å². The standard InChI is InChI=1S/C26H50N2O2/c1-5-7-9-11-13-15-17-19-24-28(30-26(29)22-21-23-27(3)4)25-20-18-16-14-12-10-8-6-2/h5-6H,1-2,7-25H2,3-4H3. The minimum atomic E-state index is -0.0781. The average molecular weight is 423 g/mol. The first-order valence-electron chi connectivity index (χ1n) is 12.4. The number of carbonyl (C=O) groups is 1. The molecule has 0 saturated heterocycles. The summed E-state index contributed by atoms with van der Waals surface area (Å²) in [6, 6.07) is 0. The van der Waals surface area contributed by atoms with Gasteiger partial charge in [0.25, 0.3) is 0 Å². The van der Waals surface area contributed by atoms with Crippen LogP contribution in [0.1, 0.15) is 103 Å². The summed E-state index contributed by atoms with van der Waals surface area (Å²) in [7, 11) is 4.07. The molecule has 0 N–H and O–H groups in total. The maximum atomic E-state index is 12.2. The van der Waals surface area contributed by atoms with Crippen molar-refractivity contribution in [1.29, 1.82) is 0 Å². The highest BCUT2D eigenvalue weighted by Gasteiger charge is 2.11. The zero-order chi connectivity index (χ0) is 22.3. The Hall–Kier alpha value is -1.13. The predicted octanol–water partition coefficient (Wildman–Crippen LogP) is 6.92. The third-order valence-electron chi connectivity index (χ3n) is 5.35. The van der Waals surface area contributed by atoms with Crippen LogP contribution in [0.25, 0.3) is 0 Å². The summed E-state index contributed by atoms with van der Waals surface area (Å²) in [5.74, 6) is -0.0781. The number of allylic oxidation sites excluding steroid dienone is 2. The molecule has 0 aromatic carbocycles. The molecule has 0 saturated carbocycles. The fraction of sp³-hybridized carbons (Fsp3) is 0.808. The highest BCUT2D eigenvalue weighted by Crippen LogP contribution is 2.11. The molecule has 176 valence electrons. The molecule has 0 atom stereocenters. The van der Waals surface area contributed by atoms with Gasteiger partial charge in [0.05, 0.1) is 0 Å². The van der Waals surface area contributed by atoms with Crippen LogP contribution in [0.4, 0.5) is 0 Å². The van der Waals surface area contributed by atoms with Crippen LogP contribution in [-0.2, 0) is 9.63 Å². The molecule has 0 rings (SSSR count). The van der Waals surface area contributed by atoms with E-state index >= 15 is 0 Å². The summed E-state index contributed by atoms with van der Waals surface area (Å²) in [5.41, 5.74) is 0. The van der Waals surface area contributed by atoms with Crippen LogP contribution in [0, 0.1) is 0 Å². The van der Waals surface area contributed by atoms with Gasteiger partial charge in [-0.1, -0.05) is 63.5 Å². The number of nitrogens with zero attached hydrogens (tertiary/aromatic N) is 2. The minimum Gasteiger partial charge on any atom is -0.368 e. The molecule has 4 nitrogen and oxygen atoms in total. The number of hydrogen-bond acceptors (Lipinski definition) is 4. The molecule has 0 aromatic heterocycles. The van der Waals surface area contributed by atoms with E-state index in [1.54, 1.807) is 0 Å². The molecule has 0 aliphatic carbocycles. The molecular formula is C26H50N2O2. The van der Waals surface area contributed by atoms with Crippen molar-refractivity contribution in [3.63, 3.8) is 0 Å². The van der Waals surface area contributed by atoms with Gasteiger partial charge in [0.1, 0.15) is 0 Å². The van der Waals surface area contributed by atoms with E-state index in [4.69, 9.17) is 4.84 Å². The smallest absolute Gasteiger partial charge is 0.325 e. The Morgan fingerprint density at radius 1 is 0.667 bits per heavy atom. The van der Waals surface area contributed by atoms with Crippen LogP contribution in [0.2, 0.25) is 0 Å². The van der Waals surface area contributed by atoms with Crippen molar-refractivity contribution < 1.29 is 9.63 Å². The van der Waals surface area contributed by atoms with E-state index in [1.807, 2.05) is 31.3 Å². The van der Waals surface area contributed by atoms with Gasteiger partial charge in [0, 0.05) is 19.5 Å². The highest BCUT2D eigenvalue weighted by atomic mass is 16.7. The monoisotopic (exact) mass is 422 g/mol. The first-order chi connectivity index (χ1) is 14.6. The topological polar surface area (TPSA) is 32.8 Å². The van der Waals surface area contributed by atoms with Crippen molar-refractivity contribution in [3.05, 3.63) is 25.3 Å². The number of hydrogen-bond donors (Lipinski definition) is 0. The van der Waals surface area contributed by atoms with Crippen LogP contribution in [0.15, 0.2) is 25.3 Å². The van der Waals surface area contributed by atoms with Gasteiger partial charge in [0.2, 0.25) is 0 Å². The fourth-order valence-electron chi connectivity index (χ4n) is 3.50. The molecule has 0 amide bonds. The first kappa shape index (κ1) is 28.9. The second kappa shape index (κ2) is 22.6. The average Bonchev–Trinajstić information content (AvgIpc) is 2.71. The van der Waals surface area contributed by atoms with Crippen LogP contribution in [0.5, 0.6) is 0 Å². The largest absolute Gasteiger partial charge is 0.368 e. The van der Waals surface area contributed by atoms with Crippen molar-refractivity contribution in [3.8, 4) is 0 Å². The third kappa shape index (κ3) is 21.6. The van der Waals surface area contributed by atoms with E-state index in [2.05, 4.69) is 18.1 Å². The molecule has 0 unspecified atom stereocenters. The quantitative estimate of drug-likeness (QED) is 0.102. The Balaban J connectivity index is 4.04. The van der Waals surface area contributed by atoms with Crippen molar-refractivity contribution in [2.75, 3.05) is 33.7 Å². The second-order valence-corrected chi connectivity index (χ2v) is 8.70. The number of unbranched alkanes of at least 4 members (excludes halogenated alkanes) is 12. The third-order valence-corrected chi connectivity index (χ3v) is 5.35. The first-order valence-corrected chi connectivity index (χ1v) is 12.4. The van der Waals surface area contributed by atoms with E-state index < -0.39 is 0 Å². The molecule has 0 aromatic rings. The lowest BCUT2D eigenvalue weighted by atomic mass is 10.1. The van der Waals surface area contributed by atoms with Crippen molar-refractivity contribution >= 4 is 5.97 Å². The summed E-state index contributed by atoms with van der Waals surface area (Å²) < 4.78 is 0. The molecule has 0 heterocycles. The van der Waals surface area contributed by atoms with Crippen molar-refractivity contribution in [2.24, 2.45) is 0 Å². The van der Waals surface area contributed by atoms with Gasteiger partial charge in [-0.3, -0.25) is 4.79 Å². The molecule has 0 radical (unpaired) electrons. The minimum absolute atomic E-state index is 0.0781. The van der Waals surface area contributed by atoms with Gasteiger partial charge in [-0.2, -0.15) is 0 Å². The lowest BCUT2D eigenvalue weighted by Gasteiger charge is -2.21. The molecule has 0 fully saturated rings. The lowest BCUT2D eigenvalue weighted by molar-refractivity contribution is -0.191. The SMILES string of the molecule is C=CCCCCCCCCN(CCCCCCCCC=C)OC(=O)CCCN(C)C. The van der Waals surface area contributed by atoms with Gasteiger partial charge in [0.15, 0.2) is 0 Å². The van der Waals surface area contributed by atoms with E-state index in [9.17, 15) is 4.79 Å². The highest BCUT2D eigenvalue weighted by molar-refractivity contribution is 5.68. The fourth-order valence-corrected chi connectivity index (χ4v) is 3.50. The van der Waals surface area contributed by atoms with Crippen LogP contribution < -0.4 is 0 Å². The maximum Gasteiger partial charge on any atom is 0.325 e. The molecule has 0 spiro atoms. The van der Waals surface area contributed by atoms with Crippen LogP contribution in [0.3, 0.4) is 0 Å². The summed E-state index contributed by atoms with van der Waals surface area (Å²) in [6.45, 7) is 10.2. The Labute approximate surface area is 187 Å². The summed E-state index contributed by atoms with van der Waals surface area (Å²) in [5, 5.41) is 1.94. The molecule has 0 aliphatic heterocycles. The Morgan fingerprint density at radius 2 is 1.10 bits per heavy atom. The van der Waals surface area contributed by atoms with E-state index in [0.717, 1.165) is 51.7 Å². The Morgan fingerprint density at radius 3 is 1.53 bits per heavy atom. The zero-order valence-electron chi connectivity index (χ0n) is 20.2. The normalized spacial score (nSPS) is 11.2. The molecule has 0 aliphatic rings. The Kier molecular flexibility index (Phi) is 21.7. The maximum absolute atomic E-state index is 12.2. The van der Waals surface area contributed by atoms with E-state index in [-0.39, 0.29) is 5.97 Å². The van der Waals surface area contributed by atoms with E-state index in [0.29, 0.717) is 6.42 Å². The molecule has 0 bridgehead atoms. The van der Waals surface area contributed by atoms with Gasteiger partial charge in [-0.25, -0.2) is 0 Å². The molecular weight excluding hydrogens is 372 g/mol. The van der Waals surface area contributed by atoms with Crippen LogP contribution in [-0.4, -0.2) is 49.7 Å². The van der Waals surface area contributed by atoms with Gasteiger partial charge < -0.3 is 9.74 Å². The van der Waals surface area contributed by atoms with Gasteiger partial charge in [-0.05, 0) is 65.6 Å². The number of hydroxylamine groups is 2. The van der Waals surface area contributed by atoms with Gasteiger partial charge in [-0.15, -0.1) is 18.2 Å². The molecule has 30 heavy (non-hydrogen) atoms. The number of rotatable bonds is 23. The van der Waals surface area contributed by atoms with Crippen LogP contribution >= 0.6 is 0 Å². The summed E-state index contributed by atoms with van der Waals surface area (Å²) >= 11 is 0. The Bertz CT molecular complexity index is 386. The van der Waals surface area contributed by atoms with Crippen molar-refractivity contribution in [1.82, 2.24) is 9.96 Å². The predicted molar refractivity (Wildman–Crippen MR) is 130 cm³/mol.